The highest BCUT2D eigenvalue weighted by Crippen LogP contribution is 2.25. The summed E-state index contributed by atoms with van der Waals surface area (Å²) in [5.41, 5.74) is 1.48. The Bertz CT molecular complexity index is 511. The van der Waals surface area contributed by atoms with E-state index >= 15 is 0 Å². The molecule has 4 heteroatoms. The molecule has 1 aromatic carbocycles. The number of aliphatic hydroxyl groups excluding tert-OH is 1. The van der Waals surface area contributed by atoms with E-state index in [0.29, 0.717) is 17.2 Å². The van der Waals surface area contributed by atoms with E-state index in [0.717, 1.165) is 5.56 Å². The van der Waals surface area contributed by atoms with Crippen molar-refractivity contribution in [3.05, 3.63) is 53.7 Å². The van der Waals surface area contributed by atoms with Gasteiger partial charge in [-0.2, -0.15) is 0 Å². The van der Waals surface area contributed by atoms with Crippen LogP contribution in [0.5, 0.6) is 11.6 Å². The summed E-state index contributed by atoms with van der Waals surface area (Å²) in [5.74, 6) is 1.24. The monoisotopic (exact) mass is 245 g/mol. The molecule has 4 nitrogen and oxygen atoms in total. The van der Waals surface area contributed by atoms with E-state index in [1.165, 1.54) is 0 Å². The van der Waals surface area contributed by atoms with Gasteiger partial charge >= 0.3 is 0 Å². The lowest BCUT2D eigenvalue weighted by Gasteiger charge is -2.12. The number of pyridine rings is 1. The number of rotatable bonds is 4. The molecule has 1 unspecified atom stereocenters. The summed E-state index contributed by atoms with van der Waals surface area (Å²) in [6, 6.07) is 10.8. The average molecular weight is 245 g/mol. The van der Waals surface area contributed by atoms with Crippen LogP contribution in [0.25, 0.3) is 0 Å². The Balaban J connectivity index is 2.25. The van der Waals surface area contributed by atoms with Gasteiger partial charge in [0.15, 0.2) is 0 Å². The van der Waals surface area contributed by atoms with Crippen LogP contribution >= 0.6 is 0 Å². The maximum atomic E-state index is 10.2. The Morgan fingerprint density at radius 2 is 1.89 bits per heavy atom. The van der Waals surface area contributed by atoms with Gasteiger partial charge in [0, 0.05) is 17.8 Å². The maximum Gasteiger partial charge on any atom is 0.212 e. The lowest BCUT2D eigenvalue weighted by atomic mass is 10.0. The quantitative estimate of drug-likeness (QED) is 0.897. The summed E-state index contributed by atoms with van der Waals surface area (Å²) >= 11 is 0. The third-order valence-electron chi connectivity index (χ3n) is 2.69. The minimum absolute atomic E-state index is 0.525. The molecule has 0 spiro atoms. The molecule has 1 N–H and O–H groups in total. The van der Waals surface area contributed by atoms with Crippen molar-refractivity contribution in [1.82, 2.24) is 4.98 Å². The highest BCUT2D eigenvalue weighted by atomic mass is 16.5. The molecule has 0 amide bonds. The van der Waals surface area contributed by atoms with Gasteiger partial charge in [0.1, 0.15) is 11.9 Å². The zero-order valence-electron chi connectivity index (χ0n) is 10.3. The van der Waals surface area contributed by atoms with Gasteiger partial charge in [-0.3, -0.25) is 0 Å². The number of ether oxygens (including phenoxy) is 2. The molecule has 0 aliphatic carbocycles. The Morgan fingerprint density at radius 3 is 2.50 bits per heavy atom. The molecule has 0 saturated carbocycles. The van der Waals surface area contributed by atoms with E-state index in [1.807, 2.05) is 18.2 Å². The predicted molar refractivity (Wildman–Crippen MR) is 67.8 cm³/mol. The van der Waals surface area contributed by atoms with Crippen molar-refractivity contribution < 1.29 is 14.6 Å². The second-order valence-corrected chi connectivity index (χ2v) is 3.81. The van der Waals surface area contributed by atoms with Crippen LogP contribution in [0.2, 0.25) is 0 Å². The van der Waals surface area contributed by atoms with Crippen LogP contribution in [-0.4, -0.2) is 24.3 Å². The number of nitrogens with zero attached hydrogens (tertiary/aromatic N) is 1. The first kappa shape index (κ1) is 12.4. The SMILES string of the molecule is COc1cccc(C(O)c2ccc(OC)nc2)c1. The van der Waals surface area contributed by atoms with Crippen molar-refractivity contribution in [3.63, 3.8) is 0 Å². The van der Waals surface area contributed by atoms with Crippen LogP contribution < -0.4 is 9.47 Å². The number of aliphatic hydroxyl groups is 1. The molecule has 94 valence electrons. The smallest absolute Gasteiger partial charge is 0.212 e. The molecular formula is C14H15NO3. The number of hydrogen-bond donors (Lipinski definition) is 1. The minimum atomic E-state index is -0.724. The van der Waals surface area contributed by atoms with Gasteiger partial charge in [0.05, 0.1) is 14.2 Å². The summed E-state index contributed by atoms with van der Waals surface area (Å²) in [4.78, 5) is 4.07. The normalized spacial score (nSPS) is 11.9. The summed E-state index contributed by atoms with van der Waals surface area (Å²) < 4.78 is 10.1. The average Bonchev–Trinajstić information content (AvgIpc) is 2.46. The van der Waals surface area contributed by atoms with E-state index in [2.05, 4.69) is 4.98 Å². The lowest BCUT2D eigenvalue weighted by molar-refractivity contribution is 0.219. The molecule has 2 rings (SSSR count). The van der Waals surface area contributed by atoms with Crippen LogP contribution in [0, 0.1) is 0 Å². The molecule has 1 aromatic heterocycles. The van der Waals surface area contributed by atoms with Crippen molar-refractivity contribution in [3.8, 4) is 11.6 Å². The van der Waals surface area contributed by atoms with E-state index in [9.17, 15) is 5.11 Å². The van der Waals surface area contributed by atoms with Gasteiger partial charge in [0.2, 0.25) is 5.88 Å². The second kappa shape index (κ2) is 5.51. The topological polar surface area (TPSA) is 51.6 Å². The lowest BCUT2D eigenvalue weighted by Crippen LogP contribution is -2.01. The van der Waals surface area contributed by atoms with Gasteiger partial charge in [0.25, 0.3) is 0 Å². The molecule has 2 aromatic rings. The third kappa shape index (κ3) is 2.60. The highest BCUT2D eigenvalue weighted by Gasteiger charge is 2.11. The fourth-order valence-electron chi connectivity index (χ4n) is 1.68. The zero-order chi connectivity index (χ0) is 13.0. The summed E-state index contributed by atoms with van der Waals surface area (Å²) in [6.45, 7) is 0. The third-order valence-corrected chi connectivity index (χ3v) is 2.69. The standard InChI is InChI=1S/C14H15NO3/c1-17-12-5-3-4-10(8-12)14(16)11-6-7-13(18-2)15-9-11/h3-9,14,16H,1-2H3. The van der Waals surface area contributed by atoms with Gasteiger partial charge in [-0.1, -0.05) is 12.1 Å². The van der Waals surface area contributed by atoms with Crippen molar-refractivity contribution in [2.45, 2.75) is 6.10 Å². The molecule has 18 heavy (non-hydrogen) atoms. The molecule has 0 fully saturated rings. The number of aromatic nitrogens is 1. The largest absolute Gasteiger partial charge is 0.497 e. The van der Waals surface area contributed by atoms with Crippen LogP contribution in [0.1, 0.15) is 17.2 Å². The number of methoxy groups -OCH3 is 2. The predicted octanol–water partition coefficient (Wildman–Crippen LogP) is 2.18. The Hall–Kier alpha value is -2.07. The maximum absolute atomic E-state index is 10.2. The van der Waals surface area contributed by atoms with Gasteiger partial charge in [-0.05, 0) is 23.8 Å². The molecular weight excluding hydrogens is 230 g/mol. The Labute approximate surface area is 106 Å². The van der Waals surface area contributed by atoms with Gasteiger partial charge < -0.3 is 14.6 Å². The summed E-state index contributed by atoms with van der Waals surface area (Å²) in [6.07, 6.45) is 0.877. The first-order chi connectivity index (χ1) is 8.74. The highest BCUT2D eigenvalue weighted by molar-refractivity contribution is 5.35. The Morgan fingerprint density at radius 1 is 1.06 bits per heavy atom. The molecule has 0 bridgehead atoms. The second-order valence-electron chi connectivity index (χ2n) is 3.81. The van der Waals surface area contributed by atoms with E-state index in [4.69, 9.17) is 9.47 Å². The van der Waals surface area contributed by atoms with E-state index in [-0.39, 0.29) is 0 Å². The van der Waals surface area contributed by atoms with Crippen LogP contribution in [0.3, 0.4) is 0 Å². The van der Waals surface area contributed by atoms with Gasteiger partial charge in [-0.15, -0.1) is 0 Å². The molecule has 0 radical (unpaired) electrons. The van der Waals surface area contributed by atoms with Crippen molar-refractivity contribution in [2.75, 3.05) is 14.2 Å². The zero-order valence-corrected chi connectivity index (χ0v) is 10.3. The molecule has 0 aliphatic rings. The minimum Gasteiger partial charge on any atom is -0.497 e. The van der Waals surface area contributed by atoms with Crippen LogP contribution in [-0.2, 0) is 0 Å². The molecule has 0 saturated heterocycles. The number of hydrogen-bond acceptors (Lipinski definition) is 4. The Kier molecular flexibility index (Phi) is 3.79. The van der Waals surface area contributed by atoms with Crippen molar-refractivity contribution in [1.29, 1.82) is 0 Å². The van der Waals surface area contributed by atoms with Gasteiger partial charge in [-0.25, -0.2) is 4.98 Å². The van der Waals surface area contributed by atoms with Crippen LogP contribution in [0.4, 0.5) is 0 Å². The first-order valence-electron chi connectivity index (χ1n) is 5.56. The van der Waals surface area contributed by atoms with Crippen LogP contribution in [0.15, 0.2) is 42.6 Å². The first-order valence-corrected chi connectivity index (χ1v) is 5.56. The van der Waals surface area contributed by atoms with Crippen molar-refractivity contribution in [2.24, 2.45) is 0 Å². The number of benzene rings is 1. The summed E-state index contributed by atoms with van der Waals surface area (Å²) in [7, 11) is 3.15. The fourth-order valence-corrected chi connectivity index (χ4v) is 1.68. The van der Waals surface area contributed by atoms with Crippen molar-refractivity contribution >= 4 is 0 Å². The molecule has 0 aliphatic heterocycles. The van der Waals surface area contributed by atoms with E-state index < -0.39 is 6.10 Å². The molecule has 1 heterocycles. The van der Waals surface area contributed by atoms with E-state index in [1.54, 1.807) is 38.6 Å². The molecule has 1 atom stereocenters. The fraction of sp³-hybridized carbons (Fsp3) is 0.214. The summed E-state index contributed by atoms with van der Waals surface area (Å²) in [5, 5.41) is 10.2.